The summed E-state index contributed by atoms with van der Waals surface area (Å²) in [4.78, 5) is 6.71. The SMILES string of the molecule is FC(F)(F)C(Cl)=Nc1cccnc1. The van der Waals surface area contributed by atoms with Crippen LogP contribution in [0.15, 0.2) is 29.5 Å². The Bertz CT molecular complexity index is 307. The Hall–Kier alpha value is -1.10. The molecule has 1 rings (SSSR count). The van der Waals surface area contributed by atoms with Gasteiger partial charge in [0.1, 0.15) is 0 Å². The Labute approximate surface area is 77.1 Å². The third-order valence-electron chi connectivity index (χ3n) is 1.11. The van der Waals surface area contributed by atoms with Crippen molar-refractivity contribution in [3.8, 4) is 0 Å². The predicted octanol–water partition coefficient (Wildman–Crippen LogP) is 2.91. The quantitative estimate of drug-likeness (QED) is 0.652. The van der Waals surface area contributed by atoms with Gasteiger partial charge in [0.15, 0.2) is 0 Å². The lowest BCUT2D eigenvalue weighted by atomic mass is 10.4. The molecule has 0 saturated heterocycles. The average molecular weight is 209 g/mol. The molecular formula is C7H4ClF3N2. The summed E-state index contributed by atoms with van der Waals surface area (Å²) < 4.78 is 35.6. The van der Waals surface area contributed by atoms with Crippen LogP contribution in [-0.4, -0.2) is 16.3 Å². The third kappa shape index (κ3) is 3.02. The van der Waals surface area contributed by atoms with E-state index in [2.05, 4.69) is 9.98 Å². The molecule has 0 aromatic carbocycles. The van der Waals surface area contributed by atoms with Crippen LogP contribution < -0.4 is 0 Å². The molecule has 0 fully saturated rings. The number of halogens is 4. The van der Waals surface area contributed by atoms with E-state index in [0.717, 1.165) is 0 Å². The molecule has 13 heavy (non-hydrogen) atoms. The molecule has 2 nitrogen and oxygen atoms in total. The van der Waals surface area contributed by atoms with Crippen LogP contribution in [0.25, 0.3) is 0 Å². The Kier molecular flexibility index (Phi) is 2.87. The molecule has 1 aromatic heterocycles. The number of alkyl halides is 3. The van der Waals surface area contributed by atoms with Crippen molar-refractivity contribution in [3.05, 3.63) is 24.5 Å². The molecule has 0 aliphatic rings. The minimum absolute atomic E-state index is 0.0739. The summed E-state index contributed by atoms with van der Waals surface area (Å²) in [6.07, 6.45) is -1.98. The highest BCUT2D eigenvalue weighted by Gasteiger charge is 2.34. The third-order valence-corrected chi connectivity index (χ3v) is 1.41. The Balaban J connectivity index is 2.90. The number of hydrogen-bond donors (Lipinski definition) is 0. The topological polar surface area (TPSA) is 25.2 Å². The lowest BCUT2D eigenvalue weighted by Crippen LogP contribution is -2.16. The fraction of sp³-hybridized carbons (Fsp3) is 0.143. The van der Waals surface area contributed by atoms with Crippen molar-refractivity contribution in [1.29, 1.82) is 0 Å². The van der Waals surface area contributed by atoms with Crippen LogP contribution in [0.5, 0.6) is 0 Å². The molecule has 0 spiro atoms. The van der Waals surface area contributed by atoms with Gasteiger partial charge in [-0.3, -0.25) is 4.98 Å². The number of aromatic nitrogens is 1. The van der Waals surface area contributed by atoms with Gasteiger partial charge in [0.2, 0.25) is 5.17 Å². The van der Waals surface area contributed by atoms with Crippen molar-refractivity contribution < 1.29 is 13.2 Å². The van der Waals surface area contributed by atoms with Crippen LogP contribution in [0, 0.1) is 0 Å². The summed E-state index contributed by atoms with van der Waals surface area (Å²) in [7, 11) is 0. The zero-order chi connectivity index (χ0) is 9.90. The van der Waals surface area contributed by atoms with Crippen LogP contribution in [0.2, 0.25) is 0 Å². The van der Waals surface area contributed by atoms with E-state index in [4.69, 9.17) is 11.6 Å². The van der Waals surface area contributed by atoms with E-state index in [9.17, 15) is 13.2 Å². The standard InChI is InChI=1S/C7H4ClF3N2/c8-6(7(9,10)11)13-5-2-1-3-12-4-5/h1-4H. The molecule has 0 amide bonds. The summed E-state index contributed by atoms with van der Waals surface area (Å²) in [5.74, 6) is 0. The molecule has 0 radical (unpaired) electrons. The van der Waals surface area contributed by atoms with Gasteiger partial charge >= 0.3 is 6.18 Å². The summed E-state index contributed by atoms with van der Waals surface area (Å²) in [5.41, 5.74) is 0.0739. The molecule has 1 heterocycles. The van der Waals surface area contributed by atoms with Crippen LogP contribution >= 0.6 is 11.6 Å². The highest BCUT2D eigenvalue weighted by Crippen LogP contribution is 2.22. The maximum atomic E-state index is 11.9. The molecule has 0 bridgehead atoms. The van der Waals surface area contributed by atoms with Gasteiger partial charge in [0, 0.05) is 6.20 Å². The first kappa shape index (κ1) is 9.98. The van der Waals surface area contributed by atoms with Crippen molar-refractivity contribution in [3.63, 3.8) is 0 Å². The number of pyridine rings is 1. The van der Waals surface area contributed by atoms with E-state index >= 15 is 0 Å². The van der Waals surface area contributed by atoms with Gasteiger partial charge in [-0.25, -0.2) is 4.99 Å². The first-order valence-corrected chi connectivity index (χ1v) is 3.59. The minimum atomic E-state index is -4.60. The molecule has 6 heteroatoms. The van der Waals surface area contributed by atoms with E-state index in [1.54, 1.807) is 0 Å². The fourth-order valence-electron chi connectivity index (χ4n) is 0.597. The maximum absolute atomic E-state index is 11.9. The Morgan fingerprint density at radius 3 is 2.62 bits per heavy atom. The monoisotopic (exact) mass is 208 g/mol. The molecule has 0 atom stereocenters. The second-order valence-corrected chi connectivity index (χ2v) is 2.47. The van der Waals surface area contributed by atoms with Crippen molar-refractivity contribution in [2.45, 2.75) is 6.18 Å². The molecule has 0 aliphatic heterocycles. The maximum Gasteiger partial charge on any atom is 0.444 e. The van der Waals surface area contributed by atoms with E-state index in [-0.39, 0.29) is 5.69 Å². The van der Waals surface area contributed by atoms with Gasteiger partial charge in [-0.2, -0.15) is 13.2 Å². The first-order chi connectivity index (χ1) is 6.00. The van der Waals surface area contributed by atoms with Crippen LogP contribution in [0.3, 0.4) is 0 Å². The lowest BCUT2D eigenvalue weighted by Gasteiger charge is -2.01. The smallest absolute Gasteiger partial charge is 0.262 e. The molecule has 1 aromatic rings. The van der Waals surface area contributed by atoms with Gasteiger partial charge in [-0.1, -0.05) is 11.6 Å². The summed E-state index contributed by atoms with van der Waals surface area (Å²) >= 11 is 4.89. The molecule has 0 unspecified atom stereocenters. The van der Waals surface area contributed by atoms with Gasteiger partial charge in [-0.05, 0) is 12.1 Å². The van der Waals surface area contributed by atoms with E-state index in [1.807, 2.05) is 0 Å². The fourth-order valence-corrected chi connectivity index (χ4v) is 0.694. The highest BCUT2D eigenvalue weighted by molar-refractivity contribution is 6.67. The van der Waals surface area contributed by atoms with Crippen molar-refractivity contribution in [2.75, 3.05) is 0 Å². The summed E-state index contributed by atoms with van der Waals surface area (Å²) in [6.45, 7) is 0. The minimum Gasteiger partial charge on any atom is -0.262 e. The van der Waals surface area contributed by atoms with Gasteiger partial charge in [0.25, 0.3) is 0 Å². The Morgan fingerprint density at radius 1 is 1.46 bits per heavy atom. The van der Waals surface area contributed by atoms with Crippen LogP contribution in [0.4, 0.5) is 18.9 Å². The van der Waals surface area contributed by atoms with Crippen molar-refractivity contribution in [1.82, 2.24) is 4.98 Å². The second kappa shape index (κ2) is 3.74. The van der Waals surface area contributed by atoms with Crippen LogP contribution in [-0.2, 0) is 0 Å². The molecule has 0 N–H and O–H groups in total. The summed E-state index contributed by atoms with van der Waals surface area (Å²) in [5, 5.41) is -1.40. The normalized spacial score (nSPS) is 13.1. The zero-order valence-corrected chi connectivity index (χ0v) is 6.97. The van der Waals surface area contributed by atoms with Crippen LogP contribution in [0.1, 0.15) is 0 Å². The van der Waals surface area contributed by atoms with Crippen molar-refractivity contribution >= 4 is 22.5 Å². The molecule has 70 valence electrons. The van der Waals surface area contributed by atoms with Gasteiger partial charge in [0.05, 0.1) is 11.9 Å². The molecule has 0 aliphatic carbocycles. The lowest BCUT2D eigenvalue weighted by molar-refractivity contribution is -0.0558. The number of aliphatic imine (C=N–C) groups is 1. The predicted molar refractivity (Wildman–Crippen MR) is 43.2 cm³/mol. The van der Waals surface area contributed by atoms with E-state index < -0.39 is 11.3 Å². The van der Waals surface area contributed by atoms with Gasteiger partial charge in [-0.15, -0.1) is 0 Å². The average Bonchev–Trinajstić information content (AvgIpc) is 2.04. The molecular weight excluding hydrogens is 205 g/mol. The Morgan fingerprint density at radius 2 is 2.15 bits per heavy atom. The van der Waals surface area contributed by atoms with Gasteiger partial charge < -0.3 is 0 Å². The summed E-state index contributed by atoms with van der Waals surface area (Å²) in [6, 6.07) is 2.85. The highest BCUT2D eigenvalue weighted by atomic mass is 35.5. The number of rotatable bonds is 1. The number of hydrogen-bond acceptors (Lipinski definition) is 2. The van der Waals surface area contributed by atoms with E-state index in [1.165, 1.54) is 24.5 Å². The first-order valence-electron chi connectivity index (χ1n) is 3.21. The largest absolute Gasteiger partial charge is 0.444 e. The zero-order valence-electron chi connectivity index (χ0n) is 6.22. The number of nitrogens with zero attached hydrogens (tertiary/aromatic N) is 2. The van der Waals surface area contributed by atoms with E-state index in [0.29, 0.717) is 0 Å². The molecule has 0 saturated carbocycles. The second-order valence-electron chi connectivity index (χ2n) is 2.11. The van der Waals surface area contributed by atoms with Crippen molar-refractivity contribution in [2.24, 2.45) is 4.99 Å².